The van der Waals surface area contributed by atoms with Crippen LogP contribution in [0.3, 0.4) is 0 Å². The first-order valence-electron chi connectivity index (χ1n) is 5.53. The Morgan fingerprint density at radius 1 is 1.75 bits per heavy atom. The molecule has 1 aromatic rings. The Morgan fingerprint density at radius 3 is 2.75 bits per heavy atom. The van der Waals surface area contributed by atoms with Crippen molar-refractivity contribution in [1.29, 1.82) is 0 Å². The van der Waals surface area contributed by atoms with Crippen LogP contribution in [0, 0.1) is 5.41 Å². The second-order valence-electron chi connectivity index (χ2n) is 4.48. The predicted molar refractivity (Wildman–Crippen MR) is 58.9 cm³/mol. The molecule has 16 heavy (non-hydrogen) atoms. The Morgan fingerprint density at radius 2 is 2.44 bits per heavy atom. The maximum atomic E-state index is 11.4. The van der Waals surface area contributed by atoms with Crippen LogP contribution in [0.1, 0.15) is 30.9 Å². The molecule has 0 amide bonds. The average molecular weight is 223 g/mol. The van der Waals surface area contributed by atoms with E-state index < -0.39 is 11.4 Å². The molecular formula is C11H17N3O2. The Labute approximate surface area is 94.2 Å². The maximum Gasteiger partial charge on any atom is 0.310 e. The Balaban J connectivity index is 2.36. The van der Waals surface area contributed by atoms with Crippen molar-refractivity contribution in [2.24, 2.45) is 18.2 Å². The van der Waals surface area contributed by atoms with E-state index in [2.05, 4.69) is 5.10 Å². The summed E-state index contributed by atoms with van der Waals surface area (Å²) in [6.45, 7) is 0.353. The highest BCUT2D eigenvalue weighted by molar-refractivity contribution is 5.77. The number of nitrogens with two attached hydrogens (primary N) is 1. The zero-order chi connectivity index (χ0) is 11.8. The number of aryl methyl sites for hydroxylation is 1. The standard InChI is InChI=1S/C11H17N3O2/c1-14-9(3-6-13-14)8(7-12)11(10(15)16)4-2-5-11/h3,6,8H,2,4-5,7,12H2,1H3,(H,15,16)/t8-/m0/s1. The van der Waals surface area contributed by atoms with Gasteiger partial charge in [0.1, 0.15) is 0 Å². The van der Waals surface area contributed by atoms with E-state index in [4.69, 9.17) is 5.73 Å². The van der Waals surface area contributed by atoms with Crippen LogP contribution in [-0.4, -0.2) is 27.4 Å². The number of aliphatic carboxylic acids is 1. The Kier molecular flexibility index (Phi) is 2.71. The molecule has 88 valence electrons. The summed E-state index contributed by atoms with van der Waals surface area (Å²) < 4.78 is 1.72. The van der Waals surface area contributed by atoms with Crippen LogP contribution in [-0.2, 0) is 11.8 Å². The maximum absolute atomic E-state index is 11.4. The second kappa shape index (κ2) is 3.90. The SMILES string of the molecule is Cn1nccc1[C@H](CN)C1(C(=O)O)CCC1. The molecule has 0 unspecified atom stereocenters. The van der Waals surface area contributed by atoms with Crippen LogP contribution in [0.5, 0.6) is 0 Å². The molecular weight excluding hydrogens is 206 g/mol. The third kappa shape index (κ3) is 1.43. The monoisotopic (exact) mass is 223 g/mol. The molecule has 1 fully saturated rings. The van der Waals surface area contributed by atoms with Crippen LogP contribution in [0.2, 0.25) is 0 Å². The van der Waals surface area contributed by atoms with Crippen molar-refractivity contribution in [2.45, 2.75) is 25.2 Å². The van der Waals surface area contributed by atoms with Gasteiger partial charge >= 0.3 is 5.97 Å². The largest absolute Gasteiger partial charge is 0.481 e. The highest BCUT2D eigenvalue weighted by atomic mass is 16.4. The number of carboxylic acids is 1. The molecule has 1 aliphatic carbocycles. The number of hydrogen-bond acceptors (Lipinski definition) is 3. The highest BCUT2D eigenvalue weighted by Gasteiger charge is 2.51. The molecule has 0 bridgehead atoms. The van der Waals surface area contributed by atoms with Gasteiger partial charge in [0.05, 0.1) is 5.41 Å². The third-order valence-corrected chi connectivity index (χ3v) is 3.79. The van der Waals surface area contributed by atoms with E-state index in [0.717, 1.165) is 25.0 Å². The number of carboxylic acid groups (broad SMARTS) is 1. The van der Waals surface area contributed by atoms with Crippen LogP contribution in [0.15, 0.2) is 12.3 Å². The molecule has 0 spiro atoms. The van der Waals surface area contributed by atoms with Gasteiger partial charge in [0.2, 0.25) is 0 Å². The fraction of sp³-hybridized carbons (Fsp3) is 0.636. The smallest absolute Gasteiger partial charge is 0.310 e. The third-order valence-electron chi connectivity index (χ3n) is 3.79. The fourth-order valence-electron chi connectivity index (χ4n) is 2.62. The van der Waals surface area contributed by atoms with Gasteiger partial charge in [-0.1, -0.05) is 6.42 Å². The number of carbonyl (C=O) groups is 1. The van der Waals surface area contributed by atoms with Gasteiger partial charge in [0.25, 0.3) is 0 Å². The number of hydrogen-bond donors (Lipinski definition) is 2. The lowest BCUT2D eigenvalue weighted by atomic mass is 9.60. The molecule has 0 aromatic carbocycles. The Bertz CT molecular complexity index is 396. The number of rotatable bonds is 4. The van der Waals surface area contributed by atoms with Crippen molar-refractivity contribution in [3.63, 3.8) is 0 Å². The van der Waals surface area contributed by atoms with Gasteiger partial charge in [-0.15, -0.1) is 0 Å². The van der Waals surface area contributed by atoms with Gasteiger partial charge in [0, 0.05) is 31.4 Å². The minimum atomic E-state index is -0.726. The van der Waals surface area contributed by atoms with Crippen LogP contribution in [0.4, 0.5) is 0 Å². The molecule has 0 radical (unpaired) electrons. The molecule has 0 saturated heterocycles. The van der Waals surface area contributed by atoms with Crippen molar-refractivity contribution in [1.82, 2.24) is 9.78 Å². The summed E-state index contributed by atoms with van der Waals surface area (Å²) in [6.07, 6.45) is 4.09. The first kappa shape index (κ1) is 11.1. The zero-order valence-electron chi connectivity index (χ0n) is 9.39. The summed E-state index contributed by atoms with van der Waals surface area (Å²) in [5.41, 5.74) is 6.02. The summed E-state index contributed by atoms with van der Waals surface area (Å²) in [5.74, 6) is -0.860. The van der Waals surface area contributed by atoms with Crippen LogP contribution in [0.25, 0.3) is 0 Å². The molecule has 0 aliphatic heterocycles. The average Bonchev–Trinajstić information content (AvgIpc) is 2.57. The van der Waals surface area contributed by atoms with E-state index in [-0.39, 0.29) is 5.92 Å². The fourth-order valence-corrected chi connectivity index (χ4v) is 2.62. The topological polar surface area (TPSA) is 81.1 Å². The number of aromatic nitrogens is 2. The summed E-state index contributed by atoms with van der Waals surface area (Å²) >= 11 is 0. The molecule has 1 aliphatic rings. The molecule has 5 heteroatoms. The summed E-state index contributed by atoms with van der Waals surface area (Å²) in [6, 6.07) is 1.86. The van der Waals surface area contributed by atoms with Gasteiger partial charge < -0.3 is 10.8 Å². The second-order valence-corrected chi connectivity index (χ2v) is 4.48. The molecule has 1 aromatic heterocycles. The van der Waals surface area contributed by atoms with E-state index >= 15 is 0 Å². The normalized spacial score (nSPS) is 20.1. The summed E-state index contributed by atoms with van der Waals surface area (Å²) in [5, 5.41) is 13.5. The van der Waals surface area contributed by atoms with E-state index in [9.17, 15) is 9.90 Å². The van der Waals surface area contributed by atoms with Gasteiger partial charge in [-0.3, -0.25) is 9.48 Å². The van der Waals surface area contributed by atoms with Gasteiger partial charge in [-0.25, -0.2) is 0 Å². The van der Waals surface area contributed by atoms with E-state index in [1.54, 1.807) is 10.9 Å². The first-order valence-corrected chi connectivity index (χ1v) is 5.53. The zero-order valence-corrected chi connectivity index (χ0v) is 9.39. The van der Waals surface area contributed by atoms with Crippen molar-refractivity contribution in [3.05, 3.63) is 18.0 Å². The van der Waals surface area contributed by atoms with Crippen LogP contribution >= 0.6 is 0 Å². The molecule has 3 N–H and O–H groups in total. The first-order chi connectivity index (χ1) is 7.62. The van der Waals surface area contributed by atoms with Crippen molar-refractivity contribution in [2.75, 3.05) is 6.54 Å². The van der Waals surface area contributed by atoms with Crippen molar-refractivity contribution in [3.8, 4) is 0 Å². The summed E-state index contributed by atoms with van der Waals surface area (Å²) in [4.78, 5) is 11.4. The molecule has 1 atom stereocenters. The molecule has 1 saturated carbocycles. The van der Waals surface area contributed by atoms with Crippen molar-refractivity contribution < 1.29 is 9.90 Å². The lowest BCUT2D eigenvalue weighted by Gasteiger charge is -2.43. The van der Waals surface area contributed by atoms with Gasteiger partial charge in [0.15, 0.2) is 0 Å². The minimum absolute atomic E-state index is 0.133. The quantitative estimate of drug-likeness (QED) is 0.788. The number of nitrogens with zero attached hydrogens (tertiary/aromatic N) is 2. The summed E-state index contributed by atoms with van der Waals surface area (Å²) in [7, 11) is 1.83. The molecule has 1 heterocycles. The highest BCUT2D eigenvalue weighted by Crippen LogP contribution is 2.51. The lowest BCUT2D eigenvalue weighted by Crippen LogP contribution is -2.46. The van der Waals surface area contributed by atoms with Crippen molar-refractivity contribution >= 4 is 5.97 Å². The molecule has 2 rings (SSSR count). The lowest BCUT2D eigenvalue weighted by molar-refractivity contribution is -0.156. The minimum Gasteiger partial charge on any atom is -0.481 e. The van der Waals surface area contributed by atoms with E-state index in [1.165, 1.54) is 0 Å². The predicted octanol–water partition coefficient (Wildman–Crippen LogP) is 0.717. The van der Waals surface area contributed by atoms with Crippen LogP contribution < -0.4 is 5.73 Å². The van der Waals surface area contributed by atoms with E-state index in [1.807, 2.05) is 13.1 Å². The Hall–Kier alpha value is -1.36. The van der Waals surface area contributed by atoms with Gasteiger partial charge in [-0.2, -0.15) is 5.10 Å². The van der Waals surface area contributed by atoms with E-state index in [0.29, 0.717) is 6.54 Å². The van der Waals surface area contributed by atoms with Gasteiger partial charge in [-0.05, 0) is 18.9 Å². The molecule has 5 nitrogen and oxygen atoms in total.